The van der Waals surface area contributed by atoms with Gasteiger partial charge in [0.2, 0.25) is 5.88 Å². The summed E-state index contributed by atoms with van der Waals surface area (Å²) in [5, 5.41) is 1.88. The molecule has 0 aromatic carbocycles. The summed E-state index contributed by atoms with van der Waals surface area (Å²) in [6.07, 6.45) is -5.90. The SMILES string of the molecule is COC(=O)Nc1c(C)cc(Cl)nc1OC(F)(F)F. The first-order valence-electron chi connectivity index (χ1n) is 4.51. The molecule has 9 heteroatoms. The van der Waals surface area contributed by atoms with Gasteiger partial charge in [-0.15, -0.1) is 13.2 Å². The molecule has 1 rings (SSSR count). The number of carbonyl (C=O) groups is 1. The van der Waals surface area contributed by atoms with Gasteiger partial charge in [-0.25, -0.2) is 4.79 Å². The van der Waals surface area contributed by atoms with Crippen molar-refractivity contribution in [2.75, 3.05) is 12.4 Å². The Morgan fingerprint density at radius 1 is 1.50 bits per heavy atom. The quantitative estimate of drug-likeness (QED) is 0.848. The van der Waals surface area contributed by atoms with Crippen LogP contribution in [-0.2, 0) is 4.74 Å². The minimum atomic E-state index is -4.95. The van der Waals surface area contributed by atoms with Gasteiger partial charge in [0.25, 0.3) is 0 Å². The number of aryl methyl sites for hydroxylation is 1. The lowest BCUT2D eigenvalue weighted by Gasteiger charge is -2.14. The molecule has 18 heavy (non-hydrogen) atoms. The average Bonchev–Trinajstić information content (AvgIpc) is 2.20. The second-order valence-electron chi connectivity index (χ2n) is 3.11. The summed E-state index contributed by atoms with van der Waals surface area (Å²) >= 11 is 5.52. The maximum atomic E-state index is 12.2. The van der Waals surface area contributed by atoms with Crippen molar-refractivity contribution in [2.45, 2.75) is 13.3 Å². The molecule has 1 amide bonds. The van der Waals surface area contributed by atoms with E-state index in [0.717, 1.165) is 7.11 Å². The molecule has 1 heterocycles. The molecule has 100 valence electrons. The Hall–Kier alpha value is -1.70. The lowest BCUT2D eigenvalue weighted by atomic mass is 10.2. The maximum absolute atomic E-state index is 12.2. The zero-order chi connectivity index (χ0) is 13.9. The van der Waals surface area contributed by atoms with Crippen molar-refractivity contribution in [3.63, 3.8) is 0 Å². The Balaban J connectivity index is 3.16. The molecule has 0 unspecified atom stereocenters. The van der Waals surface area contributed by atoms with Crippen LogP contribution in [0.25, 0.3) is 0 Å². The highest BCUT2D eigenvalue weighted by atomic mass is 35.5. The Morgan fingerprint density at radius 2 is 2.11 bits per heavy atom. The number of nitrogens with zero attached hydrogens (tertiary/aromatic N) is 1. The molecule has 5 nitrogen and oxygen atoms in total. The first-order valence-corrected chi connectivity index (χ1v) is 4.88. The van der Waals surface area contributed by atoms with Gasteiger partial charge in [0.15, 0.2) is 0 Å². The van der Waals surface area contributed by atoms with Crippen LogP contribution in [0.1, 0.15) is 5.56 Å². The zero-order valence-corrected chi connectivity index (χ0v) is 10.0. The van der Waals surface area contributed by atoms with Gasteiger partial charge in [-0.3, -0.25) is 5.32 Å². The topological polar surface area (TPSA) is 60.5 Å². The molecular weight excluding hydrogens is 277 g/mol. The maximum Gasteiger partial charge on any atom is 0.574 e. The summed E-state index contributed by atoms with van der Waals surface area (Å²) in [6, 6.07) is 1.27. The van der Waals surface area contributed by atoms with Crippen LogP contribution in [0.3, 0.4) is 0 Å². The van der Waals surface area contributed by atoms with Gasteiger partial charge in [0.1, 0.15) is 10.8 Å². The first kappa shape index (κ1) is 14.4. The summed E-state index contributed by atoms with van der Waals surface area (Å²) in [6.45, 7) is 1.43. The molecule has 0 aliphatic carbocycles. The summed E-state index contributed by atoms with van der Waals surface area (Å²) in [5.74, 6) is -0.849. The number of ether oxygens (including phenoxy) is 2. The van der Waals surface area contributed by atoms with E-state index in [1.54, 1.807) is 0 Å². The third-order valence-electron chi connectivity index (χ3n) is 1.78. The third-order valence-corrected chi connectivity index (χ3v) is 1.97. The van der Waals surface area contributed by atoms with E-state index < -0.39 is 18.3 Å². The minimum absolute atomic E-state index is 0.192. The van der Waals surface area contributed by atoms with E-state index in [-0.39, 0.29) is 16.4 Å². The number of pyridine rings is 1. The predicted octanol–water partition coefficient (Wildman–Crippen LogP) is 3.12. The van der Waals surface area contributed by atoms with Crippen molar-refractivity contribution < 1.29 is 27.4 Å². The van der Waals surface area contributed by atoms with Gasteiger partial charge in [0.05, 0.1) is 7.11 Å². The standard InChI is InChI=1S/C9H8ClF3N2O3/c1-4-3-5(10)14-7(18-9(11,12)13)6(4)15-8(16)17-2/h3H,1-2H3,(H,15,16). The minimum Gasteiger partial charge on any atom is -0.453 e. The molecule has 0 atom stereocenters. The van der Waals surface area contributed by atoms with E-state index in [4.69, 9.17) is 11.6 Å². The number of rotatable bonds is 2. The predicted molar refractivity (Wildman–Crippen MR) is 56.7 cm³/mol. The Morgan fingerprint density at radius 3 is 2.61 bits per heavy atom. The second kappa shape index (κ2) is 5.30. The molecule has 0 radical (unpaired) electrons. The zero-order valence-electron chi connectivity index (χ0n) is 9.26. The normalized spacial score (nSPS) is 11.0. The number of aromatic nitrogens is 1. The van der Waals surface area contributed by atoms with Crippen LogP contribution in [0, 0.1) is 6.92 Å². The molecule has 0 spiro atoms. The first-order chi connectivity index (χ1) is 8.23. The van der Waals surface area contributed by atoms with Crippen molar-refractivity contribution in [2.24, 2.45) is 0 Å². The van der Waals surface area contributed by atoms with Gasteiger partial charge in [-0.2, -0.15) is 4.98 Å². The van der Waals surface area contributed by atoms with Crippen LogP contribution in [0.15, 0.2) is 6.07 Å². The van der Waals surface area contributed by atoms with Gasteiger partial charge < -0.3 is 9.47 Å². The van der Waals surface area contributed by atoms with Crippen molar-refractivity contribution in [1.82, 2.24) is 4.98 Å². The number of amides is 1. The lowest BCUT2D eigenvalue weighted by molar-refractivity contribution is -0.275. The number of hydrogen-bond donors (Lipinski definition) is 1. The van der Waals surface area contributed by atoms with Gasteiger partial charge in [-0.1, -0.05) is 11.6 Å². The van der Waals surface area contributed by atoms with Crippen molar-refractivity contribution in [3.05, 3.63) is 16.8 Å². The van der Waals surface area contributed by atoms with Crippen LogP contribution in [0.4, 0.5) is 23.7 Å². The van der Waals surface area contributed by atoms with E-state index >= 15 is 0 Å². The number of carbonyl (C=O) groups excluding carboxylic acids is 1. The molecule has 0 saturated carbocycles. The number of alkyl halides is 3. The van der Waals surface area contributed by atoms with E-state index in [0.29, 0.717) is 0 Å². The number of nitrogens with one attached hydrogen (secondary N) is 1. The fourth-order valence-electron chi connectivity index (χ4n) is 1.09. The van der Waals surface area contributed by atoms with E-state index in [2.05, 4.69) is 19.8 Å². The fourth-order valence-corrected chi connectivity index (χ4v) is 1.33. The summed E-state index contributed by atoms with van der Waals surface area (Å²) in [4.78, 5) is 14.4. The molecule has 1 aromatic rings. The summed E-state index contributed by atoms with van der Waals surface area (Å²) < 4.78 is 44.4. The molecular formula is C9H8ClF3N2O3. The Labute approximate surface area is 105 Å². The Kier molecular flexibility index (Phi) is 4.23. The molecule has 1 aromatic heterocycles. The average molecular weight is 285 g/mol. The smallest absolute Gasteiger partial charge is 0.453 e. The van der Waals surface area contributed by atoms with Gasteiger partial charge >= 0.3 is 12.5 Å². The molecule has 0 bridgehead atoms. The molecule has 0 aliphatic heterocycles. The monoisotopic (exact) mass is 284 g/mol. The largest absolute Gasteiger partial charge is 0.574 e. The summed E-state index contributed by atoms with van der Waals surface area (Å²) in [7, 11) is 1.07. The highest BCUT2D eigenvalue weighted by molar-refractivity contribution is 6.29. The van der Waals surface area contributed by atoms with Gasteiger partial charge in [-0.05, 0) is 18.6 Å². The molecule has 1 N–H and O–H groups in total. The van der Waals surface area contributed by atoms with Crippen molar-refractivity contribution in [3.8, 4) is 5.88 Å². The van der Waals surface area contributed by atoms with E-state index in [9.17, 15) is 18.0 Å². The van der Waals surface area contributed by atoms with Crippen LogP contribution >= 0.6 is 11.6 Å². The van der Waals surface area contributed by atoms with Crippen LogP contribution in [0.2, 0.25) is 5.15 Å². The van der Waals surface area contributed by atoms with Crippen LogP contribution < -0.4 is 10.1 Å². The second-order valence-corrected chi connectivity index (χ2v) is 3.49. The summed E-state index contributed by atoms with van der Waals surface area (Å²) in [5.41, 5.74) is -0.0109. The van der Waals surface area contributed by atoms with Crippen molar-refractivity contribution >= 4 is 23.4 Å². The number of hydrogen-bond acceptors (Lipinski definition) is 4. The van der Waals surface area contributed by atoms with Crippen molar-refractivity contribution in [1.29, 1.82) is 0 Å². The Bertz CT molecular complexity index is 465. The number of methoxy groups -OCH3 is 1. The van der Waals surface area contributed by atoms with Gasteiger partial charge in [0, 0.05) is 0 Å². The van der Waals surface area contributed by atoms with E-state index in [1.807, 2.05) is 0 Å². The lowest BCUT2D eigenvalue weighted by Crippen LogP contribution is -2.21. The molecule has 0 saturated heterocycles. The van der Waals surface area contributed by atoms with Crippen LogP contribution in [0.5, 0.6) is 5.88 Å². The van der Waals surface area contributed by atoms with Crippen LogP contribution in [-0.4, -0.2) is 24.5 Å². The molecule has 0 fully saturated rings. The highest BCUT2D eigenvalue weighted by Gasteiger charge is 2.33. The third kappa shape index (κ3) is 3.95. The number of halogens is 4. The number of anilines is 1. The molecule has 0 aliphatic rings. The fraction of sp³-hybridized carbons (Fsp3) is 0.333. The van der Waals surface area contributed by atoms with E-state index in [1.165, 1.54) is 13.0 Å². The highest BCUT2D eigenvalue weighted by Crippen LogP contribution is 2.32.